The Morgan fingerprint density at radius 3 is 2.55 bits per heavy atom. The second-order valence-corrected chi connectivity index (χ2v) is 4.25. The van der Waals surface area contributed by atoms with E-state index in [1.165, 1.54) is 0 Å². The Morgan fingerprint density at radius 1 is 1.15 bits per heavy atom. The van der Waals surface area contributed by atoms with Crippen molar-refractivity contribution in [2.24, 2.45) is 0 Å². The van der Waals surface area contributed by atoms with Crippen LogP contribution in [0.1, 0.15) is 24.6 Å². The van der Waals surface area contributed by atoms with Gasteiger partial charge in [0, 0.05) is 12.8 Å². The van der Waals surface area contributed by atoms with Gasteiger partial charge in [-0.15, -0.1) is 10.2 Å². The molecule has 2 aromatic rings. The second kappa shape index (κ2) is 7.28. The number of benzene rings is 1. The van der Waals surface area contributed by atoms with E-state index in [1.54, 1.807) is 0 Å². The molecule has 0 aliphatic carbocycles. The average molecular weight is 276 g/mol. The first-order valence-corrected chi connectivity index (χ1v) is 6.45. The van der Waals surface area contributed by atoms with E-state index in [9.17, 15) is 4.79 Å². The smallest absolute Gasteiger partial charge is 0.303 e. The Labute approximate surface area is 116 Å². The van der Waals surface area contributed by atoms with Gasteiger partial charge in [0.25, 0.3) is 0 Å². The van der Waals surface area contributed by atoms with Crippen LogP contribution in [0.4, 0.5) is 0 Å². The molecular formula is C14H16N2O4. The Bertz CT molecular complexity index is 539. The number of aromatic nitrogens is 2. The van der Waals surface area contributed by atoms with Crippen molar-refractivity contribution in [3.05, 3.63) is 42.1 Å². The molecule has 0 radical (unpaired) electrons. The topological polar surface area (TPSA) is 85.5 Å². The van der Waals surface area contributed by atoms with Gasteiger partial charge in [0.1, 0.15) is 5.75 Å². The molecule has 1 aromatic carbocycles. The van der Waals surface area contributed by atoms with Crippen LogP contribution in [0.5, 0.6) is 5.75 Å². The van der Waals surface area contributed by atoms with Crippen LogP contribution in [0.25, 0.3) is 0 Å². The molecule has 1 aromatic heterocycles. The average Bonchev–Trinajstić information content (AvgIpc) is 2.87. The highest BCUT2D eigenvalue weighted by atomic mass is 16.5. The van der Waals surface area contributed by atoms with Crippen LogP contribution in [0.15, 0.2) is 34.7 Å². The largest absolute Gasteiger partial charge is 0.493 e. The van der Waals surface area contributed by atoms with Gasteiger partial charge in [-0.2, -0.15) is 0 Å². The fourth-order valence-electron chi connectivity index (χ4n) is 1.65. The summed E-state index contributed by atoms with van der Waals surface area (Å²) in [6, 6.07) is 9.50. The summed E-state index contributed by atoms with van der Waals surface area (Å²) in [5.41, 5.74) is 0. The van der Waals surface area contributed by atoms with Crippen LogP contribution < -0.4 is 4.74 Å². The predicted molar refractivity (Wildman–Crippen MR) is 70.5 cm³/mol. The molecule has 6 heteroatoms. The molecule has 0 aliphatic heterocycles. The highest BCUT2D eigenvalue weighted by molar-refractivity contribution is 5.66. The van der Waals surface area contributed by atoms with E-state index >= 15 is 0 Å². The summed E-state index contributed by atoms with van der Waals surface area (Å²) < 4.78 is 10.9. The number of nitrogens with zero attached hydrogens (tertiary/aromatic N) is 2. The van der Waals surface area contributed by atoms with Crippen molar-refractivity contribution in [3.8, 4) is 5.75 Å². The molecule has 0 saturated heterocycles. The van der Waals surface area contributed by atoms with Gasteiger partial charge < -0.3 is 14.3 Å². The van der Waals surface area contributed by atoms with Crippen molar-refractivity contribution in [1.82, 2.24) is 10.2 Å². The third kappa shape index (κ3) is 4.72. The third-order valence-electron chi connectivity index (χ3n) is 2.62. The fourth-order valence-corrected chi connectivity index (χ4v) is 1.65. The normalized spacial score (nSPS) is 10.4. The van der Waals surface area contributed by atoms with E-state index in [1.807, 2.05) is 30.3 Å². The van der Waals surface area contributed by atoms with Gasteiger partial charge in [-0.05, 0) is 18.6 Å². The van der Waals surface area contributed by atoms with Gasteiger partial charge in [-0.25, -0.2) is 0 Å². The molecule has 6 nitrogen and oxygen atoms in total. The molecule has 0 bridgehead atoms. The molecule has 20 heavy (non-hydrogen) atoms. The Kier molecular flexibility index (Phi) is 5.11. The minimum absolute atomic E-state index is 0.106. The summed E-state index contributed by atoms with van der Waals surface area (Å²) in [4.78, 5) is 10.4. The molecule has 0 spiro atoms. The van der Waals surface area contributed by atoms with Crippen molar-refractivity contribution in [1.29, 1.82) is 0 Å². The van der Waals surface area contributed by atoms with E-state index in [0.29, 0.717) is 37.7 Å². The van der Waals surface area contributed by atoms with E-state index in [-0.39, 0.29) is 6.42 Å². The Hall–Kier alpha value is -2.37. The number of carboxylic acids is 1. The zero-order valence-corrected chi connectivity index (χ0v) is 11.0. The third-order valence-corrected chi connectivity index (χ3v) is 2.62. The predicted octanol–water partition coefficient (Wildman–Crippen LogP) is 2.10. The number of ether oxygens (including phenoxy) is 1. The Morgan fingerprint density at radius 2 is 1.85 bits per heavy atom. The zero-order chi connectivity index (χ0) is 14.2. The second-order valence-electron chi connectivity index (χ2n) is 4.25. The van der Waals surface area contributed by atoms with Crippen molar-refractivity contribution >= 4 is 5.97 Å². The van der Waals surface area contributed by atoms with E-state index in [2.05, 4.69) is 10.2 Å². The van der Waals surface area contributed by atoms with Crippen molar-refractivity contribution < 1.29 is 19.1 Å². The standard InChI is InChI=1S/C14H16N2O4/c17-14(18)8-4-7-12-15-16-13(20-12)9-10-19-11-5-2-1-3-6-11/h1-3,5-6H,4,7-10H2,(H,17,18). The number of aryl methyl sites for hydroxylation is 1. The monoisotopic (exact) mass is 276 g/mol. The number of carboxylic acid groups (broad SMARTS) is 1. The fraction of sp³-hybridized carbons (Fsp3) is 0.357. The van der Waals surface area contributed by atoms with Gasteiger partial charge in [-0.1, -0.05) is 18.2 Å². The maximum Gasteiger partial charge on any atom is 0.303 e. The number of carbonyl (C=O) groups is 1. The molecule has 0 saturated carbocycles. The SMILES string of the molecule is O=C(O)CCCc1nnc(CCOc2ccccc2)o1. The van der Waals surface area contributed by atoms with Crippen molar-refractivity contribution in [2.45, 2.75) is 25.7 Å². The molecule has 0 fully saturated rings. The summed E-state index contributed by atoms with van der Waals surface area (Å²) >= 11 is 0. The first-order valence-electron chi connectivity index (χ1n) is 6.45. The molecule has 1 N–H and O–H groups in total. The van der Waals surface area contributed by atoms with Gasteiger partial charge in [0.05, 0.1) is 13.0 Å². The van der Waals surface area contributed by atoms with Crippen molar-refractivity contribution in [3.63, 3.8) is 0 Å². The van der Waals surface area contributed by atoms with Crippen LogP contribution in [0, 0.1) is 0 Å². The molecule has 0 aliphatic rings. The van der Waals surface area contributed by atoms with Crippen LogP contribution in [-0.2, 0) is 17.6 Å². The lowest BCUT2D eigenvalue weighted by atomic mass is 10.2. The van der Waals surface area contributed by atoms with E-state index < -0.39 is 5.97 Å². The van der Waals surface area contributed by atoms with E-state index in [0.717, 1.165) is 5.75 Å². The summed E-state index contributed by atoms with van der Waals surface area (Å²) in [7, 11) is 0. The number of para-hydroxylation sites is 1. The minimum Gasteiger partial charge on any atom is -0.493 e. The molecule has 0 unspecified atom stereocenters. The van der Waals surface area contributed by atoms with Gasteiger partial charge in [-0.3, -0.25) is 4.79 Å². The molecular weight excluding hydrogens is 260 g/mol. The van der Waals surface area contributed by atoms with Crippen LogP contribution in [-0.4, -0.2) is 27.9 Å². The highest BCUT2D eigenvalue weighted by Gasteiger charge is 2.07. The number of rotatable bonds is 8. The zero-order valence-electron chi connectivity index (χ0n) is 11.0. The summed E-state index contributed by atoms with van der Waals surface area (Å²) in [5, 5.41) is 16.3. The van der Waals surface area contributed by atoms with Crippen molar-refractivity contribution in [2.75, 3.05) is 6.61 Å². The molecule has 0 amide bonds. The number of hydrogen-bond donors (Lipinski definition) is 1. The lowest BCUT2D eigenvalue weighted by Crippen LogP contribution is -2.01. The Balaban J connectivity index is 1.71. The van der Waals surface area contributed by atoms with Gasteiger partial charge in [0.15, 0.2) is 0 Å². The minimum atomic E-state index is -0.819. The van der Waals surface area contributed by atoms with Crippen LogP contribution in [0.2, 0.25) is 0 Å². The van der Waals surface area contributed by atoms with Crippen LogP contribution in [0.3, 0.4) is 0 Å². The highest BCUT2D eigenvalue weighted by Crippen LogP contribution is 2.10. The first kappa shape index (κ1) is 14.0. The quantitative estimate of drug-likeness (QED) is 0.794. The molecule has 2 rings (SSSR count). The van der Waals surface area contributed by atoms with E-state index in [4.69, 9.17) is 14.3 Å². The lowest BCUT2D eigenvalue weighted by molar-refractivity contribution is -0.137. The first-order chi connectivity index (χ1) is 9.74. The van der Waals surface area contributed by atoms with Gasteiger partial charge >= 0.3 is 5.97 Å². The summed E-state index contributed by atoms with van der Waals surface area (Å²) in [6.45, 7) is 0.459. The molecule has 0 atom stereocenters. The summed E-state index contributed by atoms with van der Waals surface area (Å²) in [6.07, 6.45) is 1.62. The molecule has 106 valence electrons. The maximum absolute atomic E-state index is 10.4. The number of aliphatic carboxylic acids is 1. The maximum atomic E-state index is 10.4. The number of hydrogen-bond acceptors (Lipinski definition) is 5. The molecule has 1 heterocycles. The summed E-state index contributed by atoms with van der Waals surface area (Å²) in [5.74, 6) is 0.960. The van der Waals surface area contributed by atoms with Gasteiger partial charge in [0.2, 0.25) is 11.8 Å². The van der Waals surface area contributed by atoms with Crippen LogP contribution >= 0.6 is 0 Å². The lowest BCUT2D eigenvalue weighted by Gasteiger charge is -2.02.